The first-order valence-corrected chi connectivity index (χ1v) is 9.23. The zero-order chi connectivity index (χ0) is 19.2. The van der Waals surface area contributed by atoms with Crippen molar-refractivity contribution >= 4 is 11.4 Å². The highest BCUT2D eigenvalue weighted by Crippen LogP contribution is 2.27. The highest BCUT2D eigenvalue weighted by molar-refractivity contribution is 5.51. The van der Waals surface area contributed by atoms with E-state index in [1.807, 2.05) is 25.1 Å². The molecule has 0 radical (unpaired) electrons. The Bertz CT molecular complexity index is 771. The molecular weight excluding hydrogens is 346 g/mol. The minimum atomic E-state index is -0.364. The van der Waals surface area contributed by atoms with Crippen molar-refractivity contribution in [3.8, 4) is 11.5 Å². The van der Waals surface area contributed by atoms with Gasteiger partial charge in [0.1, 0.15) is 6.54 Å². The van der Waals surface area contributed by atoms with Gasteiger partial charge in [-0.15, -0.1) is 0 Å². The minimum Gasteiger partial charge on any atom is -0.493 e. The molecule has 2 aromatic carbocycles. The molecule has 27 heavy (non-hydrogen) atoms. The second-order valence-electron chi connectivity index (χ2n) is 6.61. The van der Waals surface area contributed by atoms with Crippen LogP contribution in [0, 0.1) is 10.1 Å². The van der Waals surface area contributed by atoms with Gasteiger partial charge in [0, 0.05) is 23.4 Å². The van der Waals surface area contributed by atoms with Crippen LogP contribution >= 0.6 is 0 Å². The van der Waals surface area contributed by atoms with Crippen LogP contribution in [0.2, 0.25) is 0 Å². The van der Waals surface area contributed by atoms with Crippen LogP contribution in [0.3, 0.4) is 0 Å². The molecule has 2 aromatic rings. The standard InChI is InChI=1S/C20H25N3O4/c1-3-27-20-14-16(4-9-19(20)26-2)15-21-10-12-22(13-11-21)17-5-7-18(8-6-17)23(24)25/h4-9,14H,3,10-13,15H2,1-2H3/p+1. The van der Waals surface area contributed by atoms with E-state index in [9.17, 15) is 10.1 Å². The highest BCUT2D eigenvalue weighted by Gasteiger charge is 2.21. The zero-order valence-electron chi connectivity index (χ0n) is 15.8. The molecule has 0 unspecified atom stereocenters. The van der Waals surface area contributed by atoms with Crippen molar-refractivity contribution in [3.05, 3.63) is 58.1 Å². The van der Waals surface area contributed by atoms with Gasteiger partial charge in [-0.3, -0.25) is 10.1 Å². The van der Waals surface area contributed by atoms with E-state index in [0.717, 1.165) is 49.9 Å². The maximum absolute atomic E-state index is 10.8. The molecule has 1 aliphatic rings. The molecule has 1 heterocycles. The zero-order valence-corrected chi connectivity index (χ0v) is 15.8. The second kappa shape index (κ2) is 8.73. The van der Waals surface area contributed by atoms with Crippen LogP contribution in [0.4, 0.5) is 11.4 Å². The molecule has 7 heteroatoms. The van der Waals surface area contributed by atoms with Gasteiger partial charge in [0.05, 0.1) is 44.8 Å². The molecule has 144 valence electrons. The first kappa shape index (κ1) is 19.0. The maximum Gasteiger partial charge on any atom is 0.269 e. The van der Waals surface area contributed by atoms with Crippen molar-refractivity contribution in [2.45, 2.75) is 13.5 Å². The number of hydrogen-bond acceptors (Lipinski definition) is 5. The van der Waals surface area contributed by atoms with Gasteiger partial charge in [-0.05, 0) is 37.3 Å². The fraction of sp³-hybridized carbons (Fsp3) is 0.400. The Morgan fingerprint density at radius 1 is 1.11 bits per heavy atom. The summed E-state index contributed by atoms with van der Waals surface area (Å²) < 4.78 is 11.0. The van der Waals surface area contributed by atoms with Crippen molar-refractivity contribution in [3.63, 3.8) is 0 Å². The molecule has 1 saturated heterocycles. The number of ether oxygens (including phenoxy) is 2. The number of nitrogens with one attached hydrogen (secondary N) is 1. The summed E-state index contributed by atoms with van der Waals surface area (Å²) in [7, 11) is 1.65. The fourth-order valence-corrected chi connectivity index (χ4v) is 3.43. The molecule has 1 N–H and O–H groups in total. The van der Waals surface area contributed by atoms with Gasteiger partial charge in [0.2, 0.25) is 0 Å². The van der Waals surface area contributed by atoms with Crippen LogP contribution in [0.15, 0.2) is 42.5 Å². The molecular formula is C20H26N3O4+. The van der Waals surface area contributed by atoms with Crippen LogP contribution in [0.25, 0.3) is 0 Å². The van der Waals surface area contributed by atoms with E-state index in [2.05, 4.69) is 17.0 Å². The van der Waals surface area contributed by atoms with Crippen molar-refractivity contribution in [1.29, 1.82) is 0 Å². The molecule has 0 saturated carbocycles. The third kappa shape index (κ3) is 4.68. The molecule has 0 aliphatic carbocycles. The molecule has 0 aromatic heterocycles. The first-order valence-electron chi connectivity index (χ1n) is 9.23. The van der Waals surface area contributed by atoms with Crippen LogP contribution in [0.1, 0.15) is 12.5 Å². The highest BCUT2D eigenvalue weighted by atomic mass is 16.6. The number of rotatable bonds is 7. The van der Waals surface area contributed by atoms with E-state index in [-0.39, 0.29) is 10.6 Å². The third-order valence-electron chi connectivity index (χ3n) is 4.88. The summed E-state index contributed by atoms with van der Waals surface area (Å²) in [5.74, 6) is 1.56. The molecule has 7 nitrogen and oxygen atoms in total. The number of methoxy groups -OCH3 is 1. The van der Waals surface area contributed by atoms with Crippen LogP contribution < -0.4 is 19.3 Å². The summed E-state index contributed by atoms with van der Waals surface area (Å²) in [4.78, 5) is 14.2. The fourth-order valence-electron chi connectivity index (χ4n) is 3.43. The lowest BCUT2D eigenvalue weighted by Crippen LogP contribution is -3.13. The Kier molecular flexibility index (Phi) is 6.13. The Morgan fingerprint density at radius 3 is 2.41 bits per heavy atom. The van der Waals surface area contributed by atoms with Crippen molar-refractivity contribution in [2.75, 3.05) is 44.8 Å². The van der Waals surface area contributed by atoms with E-state index in [0.29, 0.717) is 6.61 Å². The van der Waals surface area contributed by atoms with Crippen LogP contribution in [-0.4, -0.2) is 44.8 Å². The summed E-state index contributed by atoms with van der Waals surface area (Å²) in [6.45, 7) is 7.43. The Labute approximate surface area is 159 Å². The number of nitro benzene ring substituents is 1. The number of piperazine rings is 1. The number of non-ortho nitro benzene ring substituents is 1. The smallest absolute Gasteiger partial charge is 0.269 e. The molecule has 3 rings (SSSR count). The van der Waals surface area contributed by atoms with Crippen molar-refractivity contribution in [2.24, 2.45) is 0 Å². The molecule has 0 bridgehead atoms. The Hall–Kier alpha value is -2.80. The van der Waals surface area contributed by atoms with Gasteiger partial charge in [-0.25, -0.2) is 0 Å². The van der Waals surface area contributed by atoms with E-state index in [1.54, 1.807) is 19.2 Å². The van der Waals surface area contributed by atoms with Gasteiger partial charge < -0.3 is 19.3 Å². The van der Waals surface area contributed by atoms with Gasteiger partial charge in [0.15, 0.2) is 11.5 Å². The summed E-state index contributed by atoms with van der Waals surface area (Å²) >= 11 is 0. The van der Waals surface area contributed by atoms with E-state index < -0.39 is 0 Å². The SMILES string of the molecule is CCOc1cc(C[NH+]2CCN(c3ccc([N+](=O)[O-])cc3)CC2)ccc1OC. The predicted octanol–water partition coefficient (Wildman–Crippen LogP) is 1.91. The number of hydrogen-bond donors (Lipinski definition) is 1. The quantitative estimate of drug-likeness (QED) is 0.594. The number of nitro groups is 1. The lowest BCUT2D eigenvalue weighted by atomic mass is 10.1. The lowest BCUT2D eigenvalue weighted by Gasteiger charge is -2.33. The largest absolute Gasteiger partial charge is 0.493 e. The molecule has 1 fully saturated rings. The normalized spacial score (nSPS) is 14.8. The van der Waals surface area contributed by atoms with E-state index in [1.165, 1.54) is 10.5 Å². The number of quaternary nitrogens is 1. The topological polar surface area (TPSA) is 69.3 Å². The molecule has 0 spiro atoms. The van der Waals surface area contributed by atoms with Gasteiger partial charge in [0.25, 0.3) is 5.69 Å². The minimum absolute atomic E-state index is 0.132. The first-order chi connectivity index (χ1) is 13.1. The third-order valence-corrected chi connectivity index (χ3v) is 4.88. The van der Waals surface area contributed by atoms with Gasteiger partial charge >= 0.3 is 0 Å². The predicted molar refractivity (Wildman–Crippen MR) is 104 cm³/mol. The summed E-state index contributed by atoms with van der Waals surface area (Å²) in [5.41, 5.74) is 2.41. The Morgan fingerprint density at radius 2 is 1.81 bits per heavy atom. The summed E-state index contributed by atoms with van der Waals surface area (Å²) in [6.07, 6.45) is 0. The average Bonchev–Trinajstić information content (AvgIpc) is 2.69. The Balaban J connectivity index is 1.58. The number of benzene rings is 2. The van der Waals surface area contributed by atoms with Gasteiger partial charge in [-0.2, -0.15) is 0 Å². The molecule has 0 amide bonds. The van der Waals surface area contributed by atoms with E-state index >= 15 is 0 Å². The number of nitrogens with zero attached hydrogens (tertiary/aromatic N) is 2. The molecule has 1 aliphatic heterocycles. The van der Waals surface area contributed by atoms with Crippen molar-refractivity contribution < 1.29 is 19.3 Å². The number of anilines is 1. The molecule has 0 atom stereocenters. The van der Waals surface area contributed by atoms with Crippen LogP contribution in [-0.2, 0) is 6.54 Å². The second-order valence-corrected chi connectivity index (χ2v) is 6.61. The van der Waals surface area contributed by atoms with Crippen LogP contribution in [0.5, 0.6) is 11.5 Å². The maximum atomic E-state index is 10.8. The average molecular weight is 372 g/mol. The lowest BCUT2D eigenvalue weighted by molar-refractivity contribution is -0.914. The summed E-state index contributed by atoms with van der Waals surface area (Å²) in [5, 5.41) is 10.8. The monoisotopic (exact) mass is 372 g/mol. The summed E-state index contributed by atoms with van der Waals surface area (Å²) in [6, 6.07) is 12.9. The van der Waals surface area contributed by atoms with Crippen molar-refractivity contribution in [1.82, 2.24) is 0 Å². The van der Waals surface area contributed by atoms with Gasteiger partial charge in [-0.1, -0.05) is 0 Å². The van der Waals surface area contributed by atoms with E-state index in [4.69, 9.17) is 9.47 Å².